The number of esters is 1. The van der Waals surface area contributed by atoms with Gasteiger partial charge in [-0.05, 0) is 81.4 Å². The zero-order valence-corrected chi connectivity index (χ0v) is 22.5. The first-order chi connectivity index (χ1) is 15.9. The van der Waals surface area contributed by atoms with Crippen LogP contribution in [0.5, 0.6) is 0 Å². The minimum atomic E-state index is -0.732. The molecule has 33 heavy (non-hydrogen) atoms. The second-order valence-electron chi connectivity index (χ2n) is 7.08. The number of benzene rings is 2. The van der Waals surface area contributed by atoms with Crippen molar-refractivity contribution in [1.29, 1.82) is 5.26 Å². The van der Waals surface area contributed by atoms with E-state index in [1.165, 1.54) is 15.9 Å². The molecular weight excluding hydrogens is 664 g/mol. The molecule has 2 aromatic carbocycles. The molecule has 4 rings (SSSR count). The Morgan fingerprint density at radius 3 is 2.52 bits per heavy atom. The molecule has 0 amide bonds. The van der Waals surface area contributed by atoms with Gasteiger partial charge in [-0.25, -0.2) is 4.79 Å². The normalized spacial score (nSPS) is 15.9. The van der Waals surface area contributed by atoms with Gasteiger partial charge in [-0.3, -0.25) is 9.36 Å². The van der Waals surface area contributed by atoms with Crippen LogP contribution in [-0.2, 0) is 9.53 Å². The Balaban J connectivity index is 2.11. The van der Waals surface area contributed by atoms with Gasteiger partial charge in [-0.2, -0.15) is 5.26 Å². The Bertz CT molecular complexity index is 1530. The average molecular weight is 681 g/mol. The maximum atomic E-state index is 13.4. The number of carbonyl (C=O) groups excluding carboxylic acids is 1. The van der Waals surface area contributed by atoms with Gasteiger partial charge in [0.2, 0.25) is 0 Å². The van der Waals surface area contributed by atoms with Gasteiger partial charge in [0, 0.05) is 7.14 Å². The number of ether oxygens (including phenoxy) is 1. The summed E-state index contributed by atoms with van der Waals surface area (Å²) in [5.41, 5.74) is 8.13. The molecule has 0 fully saturated rings. The number of nitriles is 1. The van der Waals surface area contributed by atoms with Gasteiger partial charge in [0.1, 0.15) is 10.5 Å². The van der Waals surface area contributed by atoms with Crippen LogP contribution >= 0.6 is 56.5 Å². The van der Waals surface area contributed by atoms with Crippen LogP contribution in [0.2, 0.25) is 0 Å². The molecule has 0 saturated carbocycles. The highest BCUT2D eigenvalue weighted by Gasteiger charge is 2.37. The van der Waals surface area contributed by atoms with Crippen molar-refractivity contribution in [1.82, 2.24) is 4.57 Å². The molecule has 3 aromatic rings. The second-order valence-corrected chi connectivity index (χ2v) is 10.4. The highest BCUT2D eigenvalue weighted by Crippen LogP contribution is 2.38. The number of halogens is 2. The molecule has 9 heteroatoms. The molecule has 0 aliphatic carbocycles. The van der Waals surface area contributed by atoms with Crippen LogP contribution in [0.25, 0.3) is 17.5 Å². The zero-order chi connectivity index (χ0) is 23.7. The smallest absolute Gasteiger partial charge is 0.338 e. The number of fused-ring (bicyclic) bond motifs is 1. The van der Waals surface area contributed by atoms with E-state index in [4.69, 9.17) is 10.5 Å². The average Bonchev–Trinajstić information content (AvgIpc) is 3.12. The minimum Gasteiger partial charge on any atom is -0.463 e. The van der Waals surface area contributed by atoms with E-state index >= 15 is 0 Å². The van der Waals surface area contributed by atoms with Gasteiger partial charge in [-0.15, -0.1) is 11.3 Å². The van der Waals surface area contributed by atoms with Crippen molar-refractivity contribution < 1.29 is 9.53 Å². The first kappa shape index (κ1) is 23.7. The van der Waals surface area contributed by atoms with Crippen LogP contribution in [0, 0.1) is 18.5 Å². The van der Waals surface area contributed by atoms with Crippen molar-refractivity contribution in [2.24, 2.45) is 5.73 Å². The van der Waals surface area contributed by atoms with Gasteiger partial charge in [0.05, 0.1) is 34.3 Å². The number of hydrogen-bond donors (Lipinski definition) is 1. The summed E-state index contributed by atoms with van der Waals surface area (Å²) < 4.78 is 9.27. The molecule has 0 spiro atoms. The minimum absolute atomic E-state index is 0.00392. The molecule has 1 atom stereocenters. The standard InChI is InChI=1S/C24H17I2N3O3S/c1-2-32-24(31)20-19(14-8-4-6-10-17(14)26)15(12-27)23-29(21(20)28)22(30)18(33-23)11-13-7-3-5-9-16(13)25/h3-11,19H,2,28H2,1H3/b18-11-/t19-/m0/s1. The number of nitrogens with two attached hydrogens (primary N) is 1. The van der Waals surface area contributed by atoms with Crippen LogP contribution in [0.3, 0.4) is 0 Å². The third-order valence-corrected chi connectivity index (χ3v) is 8.25. The lowest BCUT2D eigenvalue weighted by Gasteiger charge is -2.25. The van der Waals surface area contributed by atoms with E-state index in [1.807, 2.05) is 48.5 Å². The first-order valence-corrected chi connectivity index (χ1v) is 12.9. The van der Waals surface area contributed by atoms with Crippen LogP contribution in [0.15, 0.2) is 58.9 Å². The topological polar surface area (TPSA) is 98.1 Å². The molecule has 0 radical (unpaired) electrons. The van der Waals surface area contributed by atoms with Crippen molar-refractivity contribution in [3.8, 4) is 6.07 Å². The van der Waals surface area contributed by atoms with E-state index in [-0.39, 0.29) is 23.6 Å². The van der Waals surface area contributed by atoms with E-state index < -0.39 is 11.9 Å². The fourth-order valence-corrected chi connectivity index (χ4v) is 6.08. The summed E-state index contributed by atoms with van der Waals surface area (Å²) >= 11 is 5.57. The van der Waals surface area contributed by atoms with Gasteiger partial charge < -0.3 is 10.5 Å². The summed E-state index contributed by atoms with van der Waals surface area (Å²) in [5, 5.41) is 10.2. The Morgan fingerprint density at radius 2 is 1.88 bits per heavy atom. The second kappa shape index (κ2) is 9.82. The molecule has 1 aromatic heterocycles. The monoisotopic (exact) mass is 681 g/mol. The molecule has 0 bridgehead atoms. The number of nitrogens with zero attached hydrogens (tertiary/aromatic N) is 2. The molecule has 2 heterocycles. The summed E-state index contributed by atoms with van der Waals surface area (Å²) in [6.07, 6.45) is 1.79. The van der Waals surface area contributed by atoms with E-state index in [0.717, 1.165) is 18.3 Å². The Morgan fingerprint density at radius 1 is 1.21 bits per heavy atom. The lowest BCUT2D eigenvalue weighted by atomic mass is 9.84. The van der Waals surface area contributed by atoms with Crippen molar-refractivity contribution in [2.75, 3.05) is 6.61 Å². The third kappa shape index (κ3) is 4.27. The molecule has 1 aliphatic heterocycles. The molecule has 2 N–H and O–H groups in total. The first-order valence-electron chi connectivity index (χ1n) is 9.93. The van der Waals surface area contributed by atoms with Crippen molar-refractivity contribution in [3.05, 3.63) is 91.9 Å². The third-order valence-electron chi connectivity index (χ3n) is 5.17. The van der Waals surface area contributed by atoms with Gasteiger partial charge in [-0.1, -0.05) is 36.4 Å². The zero-order valence-electron chi connectivity index (χ0n) is 17.3. The summed E-state index contributed by atoms with van der Waals surface area (Å²) in [7, 11) is 0. The number of hydrogen-bond acceptors (Lipinski definition) is 6. The molecule has 6 nitrogen and oxygen atoms in total. The fraction of sp³-hybridized carbons (Fsp3) is 0.125. The molecule has 0 unspecified atom stereocenters. The SMILES string of the molecule is CCOC(=O)C1=C(N)n2c(s/c(=C\c3ccccc3I)c2=O)=C(C#N)[C@@H]1c1ccccc1I. The summed E-state index contributed by atoms with van der Waals surface area (Å²) in [6, 6.07) is 17.4. The number of thiazole rings is 1. The van der Waals surface area contributed by atoms with Gasteiger partial charge in [0.15, 0.2) is 0 Å². The predicted octanol–water partition coefficient (Wildman–Crippen LogP) is 3.11. The maximum Gasteiger partial charge on any atom is 0.338 e. The van der Waals surface area contributed by atoms with Crippen LogP contribution in [0.1, 0.15) is 24.0 Å². The maximum absolute atomic E-state index is 13.4. The number of aromatic nitrogens is 1. The van der Waals surface area contributed by atoms with Crippen molar-refractivity contribution in [3.63, 3.8) is 0 Å². The highest BCUT2D eigenvalue weighted by molar-refractivity contribution is 14.1. The largest absolute Gasteiger partial charge is 0.463 e. The summed E-state index contributed by atoms with van der Waals surface area (Å²) in [6.45, 7) is 1.84. The summed E-state index contributed by atoms with van der Waals surface area (Å²) in [4.78, 5) is 26.4. The van der Waals surface area contributed by atoms with Gasteiger partial charge in [0.25, 0.3) is 5.56 Å². The van der Waals surface area contributed by atoms with Crippen molar-refractivity contribution in [2.45, 2.75) is 12.8 Å². The van der Waals surface area contributed by atoms with E-state index in [1.54, 1.807) is 13.0 Å². The van der Waals surface area contributed by atoms with E-state index in [0.29, 0.717) is 14.8 Å². The Kier molecular flexibility index (Phi) is 7.06. The lowest BCUT2D eigenvalue weighted by Crippen LogP contribution is -2.40. The van der Waals surface area contributed by atoms with Gasteiger partial charge >= 0.3 is 5.97 Å². The summed E-state index contributed by atoms with van der Waals surface area (Å²) in [5.74, 6) is -1.38. The highest BCUT2D eigenvalue weighted by atomic mass is 127. The quantitative estimate of drug-likeness (QED) is 0.338. The Labute approximate surface area is 221 Å². The number of carbonyl (C=O) groups is 1. The lowest BCUT2D eigenvalue weighted by molar-refractivity contribution is -0.138. The molecule has 1 aliphatic rings. The van der Waals surface area contributed by atoms with E-state index in [2.05, 4.69) is 51.3 Å². The fourth-order valence-electron chi connectivity index (χ4n) is 3.71. The molecule has 0 saturated heterocycles. The van der Waals surface area contributed by atoms with E-state index in [9.17, 15) is 14.9 Å². The van der Waals surface area contributed by atoms with Crippen LogP contribution in [-0.4, -0.2) is 17.1 Å². The predicted molar refractivity (Wildman–Crippen MR) is 146 cm³/mol. The Hall–Kier alpha value is -2.43. The van der Waals surface area contributed by atoms with Crippen LogP contribution in [0.4, 0.5) is 0 Å². The van der Waals surface area contributed by atoms with Crippen molar-refractivity contribution >= 4 is 80.0 Å². The number of rotatable bonds is 4. The van der Waals surface area contributed by atoms with Crippen LogP contribution < -0.4 is 20.5 Å². The molecule has 166 valence electrons. The molecular formula is C24H17I2N3O3S.